The average molecular weight is 396 g/mol. The van der Waals surface area contributed by atoms with Gasteiger partial charge in [0.15, 0.2) is 5.11 Å². The lowest BCUT2D eigenvalue weighted by Crippen LogP contribution is -2.53. The molecule has 7 nitrogen and oxygen atoms in total. The summed E-state index contributed by atoms with van der Waals surface area (Å²) >= 11 is 4.98. The van der Waals surface area contributed by atoms with Crippen molar-refractivity contribution in [2.75, 3.05) is 6.54 Å². The molecule has 0 aliphatic carbocycles. The Morgan fingerprint density at radius 1 is 1.21 bits per heavy atom. The smallest absolute Gasteiger partial charge is 0.266 e. The van der Waals surface area contributed by atoms with E-state index in [2.05, 4.69) is 11.9 Å². The van der Waals surface area contributed by atoms with Gasteiger partial charge in [-0.05, 0) is 23.9 Å². The summed E-state index contributed by atoms with van der Waals surface area (Å²) in [5, 5.41) is 2.41. The molecule has 1 N–H and O–H groups in total. The van der Waals surface area contributed by atoms with Crippen LogP contribution in [0, 0.1) is 0 Å². The predicted molar refractivity (Wildman–Crippen MR) is 106 cm³/mol. The number of amides is 2. The number of hydrogen-bond donors (Lipinski definition) is 1. The van der Waals surface area contributed by atoms with Gasteiger partial charge in [0.05, 0.1) is 0 Å². The summed E-state index contributed by atoms with van der Waals surface area (Å²) in [6.45, 7) is 3.91. The van der Waals surface area contributed by atoms with E-state index in [0.717, 1.165) is 17.9 Å². The highest BCUT2D eigenvalue weighted by Gasteiger charge is 2.32. The maximum absolute atomic E-state index is 12.5. The predicted octanol–water partition coefficient (Wildman–Crippen LogP) is 2.03. The van der Waals surface area contributed by atoms with Crippen molar-refractivity contribution >= 4 is 35.2 Å². The summed E-state index contributed by atoms with van der Waals surface area (Å²) in [6.07, 6.45) is 3.82. The Hall–Kier alpha value is -3.52. The Labute approximate surface area is 165 Å². The van der Waals surface area contributed by atoms with Gasteiger partial charge in [-0.3, -0.25) is 24.6 Å². The lowest BCUT2D eigenvalue weighted by molar-refractivity contribution is -0.128. The van der Waals surface area contributed by atoms with Crippen LogP contribution in [-0.2, 0) is 16.2 Å². The lowest BCUT2D eigenvalue weighted by atomic mass is 10.1. The summed E-state index contributed by atoms with van der Waals surface area (Å²) < 4.78 is 10.8. The van der Waals surface area contributed by atoms with Crippen LogP contribution in [0.25, 0.3) is 6.08 Å². The van der Waals surface area contributed by atoms with Gasteiger partial charge in [-0.15, -0.1) is 6.58 Å². The van der Waals surface area contributed by atoms with E-state index in [1.165, 1.54) is 17.1 Å². The van der Waals surface area contributed by atoms with Crippen molar-refractivity contribution in [3.8, 4) is 5.75 Å². The second-order valence-corrected chi connectivity index (χ2v) is 6.19. The minimum atomic E-state index is -0.664. The van der Waals surface area contributed by atoms with Gasteiger partial charge in [-0.25, -0.2) is 0 Å². The van der Waals surface area contributed by atoms with Crippen LogP contribution in [-0.4, -0.2) is 28.4 Å². The third-order valence-electron chi connectivity index (χ3n) is 3.84. The van der Waals surface area contributed by atoms with Gasteiger partial charge in [0.1, 0.15) is 24.2 Å². The molecule has 2 amide bonds. The molecule has 0 saturated carbocycles. The molecule has 0 spiro atoms. The van der Waals surface area contributed by atoms with Crippen LogP contribution in [0.5, 0.6) is 5.75 Å². The minimum absolute atomic E-state index is 0.00170. The van der Waals surface area contributed by atoms with Crippen molar-refractivity contribution < 1.29 is 18.7 Å². The second-order valence-electron chi connectivity index (χ2n) is 5.81. The lowest BCUT2D eigenvalue weighted by Gasteiger charge is -2.27. The zero-order valence-electron chi connectivity index (χ0n) is 14.7. The highest BCUT2D eigenvalue weighted by molar-refractivity contribution is 7.80. The Bertz CT molecular complexity index is 1030. The van der Waals surface area contributed by atoms with E-state index in [4.69, 9.17) is 21.4 Å². The molecule has 8 heteroatoms. The number of rotatable bonds is 6. The van der Waals surface area contributed by atoms with Gasteiger partial charge in [0.25, 0.3) is 11.8 Å². The second kappa shape index (κ2) is 8.45. The number of carbonyl (C=O) groups is 2. The Morgan fingerprint density at radius 2 is 1.96 bits per heavy atom. The van der Waals surface area contributed by atoms with Crippen molar-refractivity contribution in [1.29, 1.82) is 0 Å². The maximum Gasteiger partial charge on any atom is 0.266 e. The molecular formula is C20H16N2O5S. The molecule has 3 rings (SSSR count). The molecule has 0 unspecified atom stereocenters. The molecule has 1 aromatic carbocycles. The van der Waals surface area contributed by atoms with Crippen LogP contribution in [0.2, 0.25) is 0 Å². The van der Waals surface area contributed by atoms with Crippen molar-refractivity contribution in [3.63, 3.8) is 0 Å². The van der Waals surface area contributed by atoms with Crippen LogP contribution in [0.1, 0.15) is 11.3 Å². The van der Waals surface area contributed by atoms with Crippen molar-refractivity contribution in [3.05, 3.63) is 82.4 Å². The van der Waals surface area contributed by atoms with E-state index in [1.54, 1.807) is 0 Å². The molecule has 2 aromatic rings. The van der Waals surface area contributed by atoms with Gasteiger partial charge < -0.3 is 9.15 Å². The van der Waals surface area contributed by atoms with E-state index >= 15 is 0 Å². The minimum Gasteiger partial charge on any atom is -0.482 e. The fraction of sp³-hybridized carbons (Fsp3) is 0.100. The maximum atomic E-state index is 12.5. The summed E-state index contributed by atoms with van der Waals surface area (Å²) in [6, 6.07) is 10.5. The topological polar surface area (TPSA) is 88.8 Å². The Balaban J connectivity index is 1.80. The number of nitrogens with one attached hydrogen (secondary N) is 1. The van der Waals surface area contributed by atoms with Crippen molar-refractivity contribution in [2.45, 2.75) is 6.61 Å². The Kier molecular flexibility index (Phi) is 5.81. The van der Waals surface area contributed by atoms with Gasteiger partial charge >= 0.3 is 0 Å². The highest BCUT2D eigenvalue weighted by Crippen LogP contribution is 2.16. The number of carbonyl (C=O) groups excluding carboxylic acids is 2. The van der Waals surface area contributed by atoms with E-state index in [0.29, 0.717) is 0 Å². The number of nitrogens with zero attached hydrogens (tertiary/aromatic N) is 1. The first-order valence-corrected chi connectivity index (χ1v) is 8.69. The Morgan fingerprint density at radius 3 is 2.64 bits per heavy atom. The number of ether oxygens (including phenoxy) is 1. The fourth-order valence-corrected chi connectivity index (χ4v) is 2.71. The first-order valence-electron chi connectivity index (χ1n) is 8.29. The van der Waals surface area contributed by atoms with E-state index in [9.17, 15) is 14.4 Å². The summed E-state index contributed by atoms with van der Waals surface area (Å²) in [5.74, 6) is -1.19. The highest BCUT2D eigenvalue weighted by atomic mass is 32.1. The number of hydrogen-bond acceptors (Lipinski definition) is 6. The first-order chi connectivity index (χ1) is 13.5. The SMILES string of the molecule is C=CCN1C(=O)C(=Cc2cc(=O)c(OCc3ccccc3)co2)C(=O)NC1=S. The molecule has 142 valence electrons. The zero-order valence-corrected chi connectivity index (χ0v) is 15.5. The zero-order chi connectivity index (χ0) is 20.1. The number of thiocarbonyl (C=S) groups is 1. The van der Waals surface area contributed by atoms with Gasteiger partial charge in [-0.1, -0.05) is 36.4 Å². The average Bonchev–Trinajstić information content (AvgIpc) is 2.68. The summed E-state index contributed by atoms with van der Waals surface area (Å²) in [5.41, 5.74) is 0.267. The molecule has 0 atom stereocenters. The van der Waals surface area contributed by atoms with E-state index in [1.807, 2.05) is 30.3 Å². The van der Waals surface area contributed by atoms with Crippen LogP contribution in [0.4, 0.5) is 0 Å². The standard InChI is InChI=1S/C20H16N2O5S/c1-2-8-22-19(25)15(18(24)21-20(22)28)9-14-10-16(23)17(12-26-14)27-11-13-6-4-3-5-7-13/h2-7,9-10,12H,1,8,11H2,(H,21,24,28). The van der Waals surface area contributed by atoms with Gasteiger partial charge in [-0.2, -0.15) is 0 Å². The van der Waals surface area contributed by atoms with Crippen molar-refractivity contribution in [1.82, 2.24) is 10.2 Å². The van der Waals surface area contributed by atoms with E-state index < -0.39 is 17.2 Å². The number of benzene rings is 1. The first kappa shape index (κ1) is 19.2. The normalized spacial score (nSPS) is 15.5. The van der Waals surface area contributed by atoms with Gasteiger partial charge in [0.2, 0.25) is 11.2 Å². The molecule has 2 heterocycles. The fourth-order valence-electron chi connectivity index (χ4n) is 2.46. The molecule has 1 fully saturated rings. The molecule has 0 bridgehead atoms. The van der Waals surface area contributed by atoms with Gasteiger partial charge in [0, 0.05) is 12.6 Å². The molecule has 0 radical (unpaired) electrons. The molecule has 1 aliphatic heterocycles. The molecular weight excluding hydrogens is 380 g/mol. The third kappa shape index (κ3) is 4.24. The van der Waals surface area contributed by atoms with Crippen molar-refractivity contribution in [2.24, 2.45) is 0 Å². The summed E-state index contributed by atoms with van der Waals surface area (Å²) in [7, 11) is 0. The monoisotopic (exact) mass is 396 g/mol. The van der Waals surface area contributed by atoms with E-state index in [-0.39, 0.29) is 35.3 Å². The molecule has 1 saturated heterocycles. The third-order valence-corrected chi connectivity index (χ3v) is 4.16. The molecule has 28 heavy (non-hydrogen) atoms. The summed E-state index contributed by atoms with van der Waals surface area (Å²) in [4.78, 5) is 38.0. The van der Waals surface area contributed by atoms with Crippen LogP contribution < -0.4 is 15.5 Å². The molecule has 1 aromatic heterocycles. The molecule has 1 aliphatic rings. The van der Waals surface area contributed by atoms with Crippen LogP contribution in [0.15, 0.2) is 70.1 Å². The van der Waals surface area contributed by atoms with Crippen LogP contribution >= 0.6 is 12.2 Å². The quantitative estimate of drug-likeness (QED) is 0.348. The van der Waals surface area contributed by atoms with Crippen LogP contribution in [0.3, 0.4) is 0 Å². The largest absolute Gasteiger partial charge is 0.482 e.